The van der Waals surface area contributed by atoms with Gasteiger partial charge in [0, 0.05) is 25.2 Å². The lowest BCUT2D eigenvalue weighted by molar-refractivity contribution is -0.136. The minimum Gasteiger partial charge on any atom is -0.481 e. The molecule has 1 N–H and O–H groups in total. The van der Waals surface area contributed by atoms with E-state index in [0.29, 0.717) is 17.8 Å². The van der Waals surface area contributed by atoms with E-state index in [1.807, 2.05) is 6.07 Å². The summed E-state index contributed by atoms with van der Waals surface area (Å²) >= 11 is 0. The average Bonchev–Trinajstić information content (AvgIpc) is 2.53. The molecule has 0 radical (unpaired) electrons. The number of carboxylic acid groups (broad SMARTS) is 1. The Morgan fingerprint density at radius 2 is 1.86 bits per heavy atom. The monoisotopic (exact) mass is 284 g/mol. The van der Waals surface area contributed by atoms with E-state index in [-0.39, 0.29) is 12.3 Å². The van der Waals surface area contributed by atoms with Crippen molar-refractivity contribution < 1.29 is 14.7 Å². The zero-order valence-electron chi connectivity index (χ0n) is 11.7. The van der Waals surface area contributed by atoms with Crippen molar-refractivity contribution in [1.82, 2.24) is 4.98 Å². The molecule has 0 saturated carbocycles. The second-order valence-corrected chi connectivity index (χ2v) is 4.64. The first-order chi connectivity index (χ1) is 10.1. The van der Waals surface area contributed by atoms with Crippen molar-refractivity contribution in [2.45, 2.75) is 12.8 Å². The Morgan fingerprint density at radius 1 is 1.14 bits per heavy atom. The van der Waals surface area contributed by atoms with E-state index in [2.05, 4.69) is 4.98 Å². The van der Waals surface area contributed by atoms with E-state index in [0.717, 1.165) is 5.56 Å². The Bertz CT molecular complexity index is 624. The van der Waals surface area contributed by atoms with Crippen molar-refractivity contribution >= 4 is 17.7 Å². The summed E-state index contributed by atoms with van der Waals surface area (Å²) in [5, 5.41) is 8.65. The molecule has 0 aliphatic heterocycles. The molecule has 0 unspecified atom stereocenters. The number of aromatic nitrogens is 1. The number of hydrogen-bond acceptors (Lipinski definition) is 3. The van der Waals surface area contributed by atoms with Gasteiger partial charge in [-0.3, -0.25) is 14.5 Å². The summed E-state index contributed by atoms with van der Waals surface area (Å²) in [6.07, 6.45) is 2.18. The first kappa shape index (κ1) is 14.7. The van der Waals surface area contributed by atoms with Crippen LogP contribution in [-0.4, -0.2) is 29.0 Å². The van der Waals surface area contributed by atoms with Crippen molar-refractivity contribution in [2.75, 3.05) is 11.9 Å². The Labute approximate surface area is 122 Å². The van der Waals surface area contributed by atoms with Gasteiger partial charge in [0.05, 0.1) is 0 Å². The minimum absolute atomic E-state index is 0.0845. The maximum Gasteiger partial charge on any atom is 0.303 e. The van der Waals surface area contributed by atoms with Crippen LogP contribution in [0.1, 0.15) is 22.3 Å². The van der Waals surface area contributed by atoms with Crippen LogP contribution in [0.2, 0.25) is 0 Å². The third-order valence-corrected chi connectivity index (χ3v) is 3.13. The van der Waals surface area contributed by atoms with Gasteiger partial charge < -0.3 is 5.11 Å². The predicted octanol–water partition coefficient (Wildman–Crippen LogP) is 2.38. The van der Waals surface area contributed by atoms with Crippen LogP contribution in [0.25, 0.3) is 0 Å². The summed E-state index contributed by atoms with van der Waals surface area (Å²) < 4.78 is 0. The van der Waals surface area contributed by atoms with Gasteiger partial charge in [0.1, 0.15) is 5.82 Å². The number of carbonyl (C=O) groups is 2. The van der Waals surface area contributed by atoms with Gasteiger partial charge in [-0.2, -0.15) is 0 Å². The molecular formula is C16H16N2O3. The highest BCUT2D eigenvalue weighted by atomic mass is 16.4. The van der Waals surface area contributed by atoms with Crippen molar-refractivity contribution in [2.24, 2.45) is 0 Å². The minimum atomic E-state index is -0.829. The molecule has 2 rings (SSSR count). The second-order valence-electron chi connectivity index (χ2n) is 4.64. The summed E-state index contributed by atoms with van der Waals surface area (Å²) in [4.78, 5) is 28.5. The first-order valence-electron chi connectivity index (χ1n) is 6.58. The van der Waals surface area contributed by atoms with Gasteiger partial charge >= 0.3 is 5.97 Å². The molecule has 0 aliphatic carbocycles. The maximum atomic E-state index is 12.3. The molecule has 0 spiro atoms. The van der Waals surface area contributed by atoms with E-state index >= 15 is 0 Å². The highest BCUT2D eigenvalue weighted by molar-refractivity contribution is 6.05. The van der Waals surface area contributed by atoms with Crippen LogP contribution in [0.5, 0.6) is 0 Å². The lowest BCUT2D eigenvalue weighted by Crippen LogP contribution is -2.26. The van der Waals surface area contributed by atoms with Crippen LogP contribution in [-0.2, 0) is 11.2 Å². The Balaban J connectivity index is 2.08. The van der Waals surface area contributed by atoms with Crippen LogP contribution in [0.15, 0.2) is 48.7 Å². The SMILES string of the molecule is CN(C(=O)c1ccc(CCC(=O)O)cc1)c1ccccn1. The molecule has 2 aromatic rings. The second kappa shape index (κ2) is 6.65. The Morgan fingerprint density at radius 3 is 2.43 bits per heavy atom. The van der Waals surface area contributed by atoms with E-state index in [1.165, 1.54) is 4.90 Å². The topological polar surface area (TPSA) is 70.5 Å². The molecule has 108 valence electrons. The average molecular weight is 284 g/mol. The Kier molecular flexibility index (Phi) is 4.66. The fourth-order valence-corrected chi connectivity index (χ4v) is 1.92. The number of benzene rings is 1. The number of nitrogens with zero attached hydrogens (tertiary/aromatic N) is 2. The molecule has 0 aliphatic rings. The van der Waals surface area contributed by atoms with Crippen LogP contribution in [0, 0.1) is 0 Å². The lowest BCUT2D eigenvalue weighted by Gasteiger charge is -2.16. The number of anilines is 1. The maximum absolute atomic E-state index is 12.3. The van der Waals surface area contributed by atoms with Gasteiger partial charge in [0.2, 0.25) is 0 Å². The number of pyridine rings is 1. The summed E-state index contributed by atoms with van der Waals surface area (Å²) in [6, 6.07) is 12.3. The highest BCUT2D eigenvalue weighted by Crippen LogP contribution is 2.13. The van der Waals surface area contributed by atoms with Crippen LogP contribution < -0.4 is 4.90 Å². The summed E-state index contributed by atoms with van der Waals surface area (Å²) in [5.41, 5.74) is 1.44. The third kappa shape index (κ3) is 3.89. The number of rotatable bonds is 5. The predicted molar refractivity (Wildman–Crippen MR) is 79.4 cm³/mol. The molecule has 1 amide bonds. The van der Waals surface area contributed by atoms with Crippen molar-refractivity contribution in [3.05, 3.63) is 59.8 Å². The van der Waals surface area contributed by atoms with Crippen LogP contribution in [0.4, 0.5) is 5.82 Å². The summed E-state index contributed by atoms with van der Waals surface area (Å²) in [5.74, 6) is -0.402. The van der Waals surface area contributed by atoms with Crippen LogP contribution >= 0.6 is 0 Å². The fourth-order valence-electron chi connectivity index (χ4n) is 1.92. The van der Waals surface area contributed by atoms with E-state index in [4.69, 9.17) is 5.11 Å². The zero-order valence-corrected chi connectivity index (χ0v) is 11.7. The molecule has 0 saturated heterocycles. The van der Waals surface area contributed by atoms with E-state index in [9.17, 15) is 9.59 Å². The molecule has 0 fully saturated rings. The molecular weight excluding hydrogens is 268 g/mol. The van der Waals surface area contributed by atoms with Gasteiger partial charge in [-0.1, -0.05) is 18.2 Å². The summed E-state index contributed by atoms with van der Waals surface area (Å²) in [6.45, 7) is 0. The number of aryl methyl sites for hydroxylation is 1. The van der Waals surface area contributed by atoms with Crippen molar-refractivity contribution in [3.63, 3.8) is 0 Å². The molecule has 1 aromatic heterocycles. The lowest BCUT2D eigenvalue weighted by atomic mass is 10.1. The third-order valence-electron chi connectivity index (χ3n) is 3.13. The number of carbonyl (C=O) groups excluding carboxylic acids is 1. The smallest absolute Gasteiger partial charge is 0.303 e. The van der Waals surface area contributed by atoms with Gasteiger partial charge in [0.25, 0.3) is 5.91 Å². The number of amides is 1. The van der Waals surface area contributed by atoms with Crippen LogP contribution in [0.3, 0.4) is 0 Å². The normalized spacial score (nSPS) is 10.1. The van der Waals surface area contributed by atoms with Gasteiger partial charge in [-0.25, -0.2) is 4.98 Å². The molecule has 1 heterocycles. The standard InChI is InChI=1S/C16H16N2O3/c1-18(14-4-2-3-11-17-14)16(21)13-8-5-12(6-9-13)7-10-15(19)20/h2-6,8-9,11H,7,10H2,1H3,(H,19,20). The van der Waals surface area contributed by atoms with E-state index in [1.54, 1.807) is 49.6 Å². The van der Waals surface area contributed by atoms with Crippen molar-refractivity contribution in [1.29, 1.82) is 0 Å². The number of aliphatic carboxylic acids is 1. The highest BCUT2D eigenvalue weighted by Gasteiger charge is 2.14. The van der Waals surface area contributed by atoms with Crippen molar-refractivity contribution in [3.8, 4) is 0 Å². The first-order valence-corrected chi connectivity index (χ1v) is 6.58. The molecule has 0 bridgehead atoms. The zero-order chi connectivity index (χ0) is 15.2. The Hall–Kier alpha value is -2.69. The molecule has 21 heavy (non-hydrogen) atoms. The molecule has 5 heteroatoms. The molecule has 0 atom stereocenters. The largest absolute Gasteiger partial charge is 0.481 e. The summed E-state index contributed by atoms with van der Waals surface area (Å²) in [7, 11) is 1.67. The van der Waals surface area contributed by atoms with E-state index < -0.39 is 5.97 Å². The quantitative estimate of drug-likeness (QED) is 0.915. The fraction of sp³-hybridized carbons (Fsp3) is 0.188. The molecule has 1 aromatic carbocycles. The number of hydrogen-bond donors (Lipinski definition) is 1. The number of carboxylic acids is 1. The molecule has 5 nitrogen and oxygen atoms in total. The van der Waals surface area contributed by atoms with Gasteiger partial charge in [0.15, 0.2) is 0 Å². The van der Waals surface area contributed by atoms with Gasteiger partial charge in [-0.15, -0.1) is 0 Å². The van der Waals surface area contributed by atoms with Gasteiger partial charge in [-0.05, 0) is 36.2 Å².